The molecular formula is C19H21NO. The van der Waals surface area contributed by atoms with E-state index in [2.05, 4.69) is 17.1 Å². The number of nitrogens with zero attached hydrogens (tertiary/aromatic N) is 1. The van der Waals surface area contributed by atoms with E-state index in [0.29, 0.717) is 0 Å². The molecule has 0 aliphatic rings. The molecule has 1 N–H and O–H groups in total. The van der Waals surface area contributed by atoms with Gasteiger partial charge in [-0.3, -0.25) is 4.98 Å². The fourth-order valence-electron chi connectivity index (χ4n) is 2.39. The van der Waals surface area contributed by atoms with Gasteiger partial charge >= 0.3 is 0 Å². The van der Waals surface area contributed by atoms with Crippen molar-refractivity contribution in [1.82, 2.24) is 4.98 Å². The van der Waals surface area contributed by atoms with Crippen molar-refractivity contribution < 1.29 is 5.11 Å². The van der Waals surface area contributed by atoms with E-state index in [4.69, 9.17) is 0 Å². The van der Waals surface area contributed by atoms with Gasteiger partial charge in [0.15, 0.2) is 0 Å². The molecule has 1 aromatic heterocycles. The van der Waals surface area contributed by atoms with Gasteiger partial charge in [-0.25, -0.2) is 0 Å². The number of hydrogen-bond donors (Lipinski definition) is 1. The molecule has 0 amide bonds. The van der Waals surface area contributed by atoms with E-state index in [9.17, 15) is 5.11 Å². The Hall–Kier alpha value is -2.19. The lowest BCUT2D eigenvalue weighted by Gasteiger charge is -2.10. The standard InChI is InChI=1S/C17H15NO.C2H6/c19-12-16-14(10-13-6-2-1-3-7-13)11-18-17-9-5-4-8-15(16)17;1-2/h1-9,11,19H,10,12H2;1-2H3. The predicted molar refractivity (Wildman–Crippen MR) is 88.3 cm³/mol. The second-order valence-corrected chi connectivity index (χ2v) is 4.60. The van der Waals surface area contributed by atoms with Crippen molar-refractivity contribution in [2.24, 2.45) is 0 Å². The number of aliphatic hydroxyl groups is 1. The fraction of sp³-hybridized carbons (Fsp3) is 0.211. The number of para-hydroxylation sites is 1. The fourth-order valence-corrected chi connectivity index (χ4v) is 2.39. The second kappa shape index (κ2) is 7.55. The summed E-state index contributed by atoms with van der Waals surface area (Å²) in [5.74, 6) is 0. The maximum absolute atomic E-state index is 9.67. The van der Waals surface area contributed by atoms with Crippen LogP contribution in [0.4, 0.5) is 0 Å². The quantitative estimate of drug-likeness (QED) is 0.773. The van der Waals surface area contributed by atoms with Gasteiger partial charge in [0.25, 0.3) is 0 Å². The van der Waals surface area contributed by atoms with Gasteiger partial charge in [-0.15, -0.1) is 0 Å². The van der Waals surface area contributed by atoms with Crippen molar-refractivity contribution >= 4 is 10.9 Å². The van der Waals surface area contributed by atoms with Gasteiger partial charge in [-0.2, -0.15) is 0 Å². The average Bonchev–Trinajstić information content (AvgIpc) is 2.57. The number of hydrogen-bond acceptors (Lipinski definition) is 2. The third kappa shape index (κ3) is 3.47. The number of fused-ring (bicyclic) bond motifs is 1. The molecule has 2 heteroatoms. The third-order valence-corrected chi connectivity index (χ3v) is 3.37. The Bertz CT molecular complexity index is 692. The number of aromatic nitrogens is 1. The highest BCUT2D eigenvalue weighted by Gasteiger charge is 2.08. The second-order valence-electron chi connectivity index (χ2n) is 4.60. The highest BCUT2D eigenvalue weighted by atomic mass is 16.3. The van der Waals surface area contributed by atoms with E-state index in [0.717, 1.165) is 28.5 Å². The Kier molecular flexibility index (Phi) is 5.47. The van der Waals surface area contributed by atoms with Crippen LogP contribution in [0.2, 0.25) is 0 Å². The topological polar surface area (TPSA) is 33.1 Å². The van der Waals surface area contributed by atoms with Crippen LogP contribution in [0, 0.1) is 0 Å². The van der Waals surface area contributed by atoms with E-state index in [1.165, 1.54) is 5.56 Å². The Balaban J connectivity index is 0.000000774. The lowest BCUT2D eigenvalue weighted by Crippen LogP contribution is -1.98. The van der Waals surface area contributed by atoms with E-state index >= 15 is 0 Å². The molecule has 0 spiro atoms. The first-order valence-corrected chi connectivity index (χ1v) is 7.39. The first-order valence-electron chi connectivity index (χ1n) is 7.39. The van der Waals surface area contributed by atoms with E-state index < -0.39 is 0 Å². The summed E-state index contributed by atoms with van der Waals surface area (Å²) in [5.41, 5.74) is 4.24. The summed E-state index contributed by atoms with van der Waals surface area (Å²) in [5, 5.41) is 10.7. The molecule has 3 rings (SSSR count). The molecule has 3 aromatic rings. The van der Waals surface area contributed by atoms with Crippen LogP contribution in [0.15, 0.2) is 60.8 Å². The molecule has 0 saturated carbocycles. The lowest BCUT2D eigenvalue weighted by atomic mass is 9.98. The summed E-state index contributed by atoms with van der Waals surface area (Å²) >= 11 is 0. The zero-order valence-corrected chi connectivity index (χ0v) is 12.6. The monoisotopic (exact) mass is 279 g/mol. The minimum absolute atomic E-state index is 0.0468. The summed E-state index contributed by atoms with van der Waals surface area (Å²) in [6.07, 6.45) is 2.68. The molecule has 0 aliphatic carbocycles. The van der Waals surface area contributed by atoms with Gasteiger partial charge in [-0.1, -0.05) is 62.4 Å². The summed E-state index contributed by atoms with van der Waals surface area (Å²) in [7, 11) is 0. The smallest absolute Gasteiger partial charge is 0.0705 e. The van der Waals surface area contributed by atoms with E-state index in [-0.39, 0.29) is 6.61 Å². The van der Waals surface area contributed by atoms with Crippen LogP contribution >= 0.6 is 0 Å². The summed E-state index contributed by atoms with van der Waals surface area (Å²) in [6.45, 7) is 4.05. The molecule has 0 unspecified atom stereocenters. The number of aliphatic hydroxyl groups excluding tert-OH is 1. The van der Waals surface area contributed by atoms with Crippen molar-refractivity contribution in [3.05, 3.63) is 77.5 Å². The predicted octanol–water partition coefficient (Wildman–Crippen LogP) is 4.34. The largest absolute Gasteiger partial charge is 0.392 e. The van der Waals surface area contributed by atoms with Gasteiger partial charge in [0.2, 0.25) is 0 Å². The third-order valence-electron chi connectivity index (χ3n) is 3.37. The van der Waals surface area contributed by atoms with Crippen molar-refractivity contribution in [3.63, 3.8) is 0 Å². The van der Waals surface area contributed by atoms with Gasteiger partial charge < -0.3 is 5.11 Å². The molecule has 2 aromatic carbocycles. The molecule has 0 saturated heterocycles. The Labute approximate surface area is 126 Å². The minimum atomic E-state index is 0.0468. The normalized spacial score (nSPS) is 10.0. The zero-order chi connectivity index (χ0) is 15.1. The number of rotatable bonds is 3. The molecule has 0 fully saturated rings. The molecule has 2 nitrogen and oxygen atoms in total. The molecule has 108 valence electrons. The first kappa shape index (κ1) is 15.2. The maximum atomic E-state index is 9.67. The van der Waals surface area contributed by atoms with Crippen LogP contribution in [0.25, 0.3) is 10.9 Å². The van der Waals surface area contributed by atoms with E-state index in [1.54, 1.807) is 0 Å². The maximum Gasteiger partial charge on any atom is 0.0705 e. The van der Waals surface area contributed by atoms with Gasteiger partial charge in [0, 0.05) is 11.6 Å². The van der Waals surface area contributed by atoms with Crippen LogP contribution < -0.4 is 0 Å². The van der Waals surface area contributed by atoms with Crippen LogP contribution in [0.1, 0.15) is 30.5 Å². The van der Waals surface area contributed by atoms with E-state index in [1.807, 2.05) is 62.5 Å². The minimum Gasteiger partial charge on any atom is -0.392 e. The van der Waals surface area contributed by atoms with Crippen molar-refractivity contribution in [3.8, 4) is 0 Å². The molecular weight excluding hydrogens is 258 g/mol. The summed E-state index contributed by atoms with van der Waals surface area (Å²) < 4.78 is 0. The van der Waals surface area contributed by atoms with Gasteiger partial charge in [0.1, 0.15) is 0 Å². The highest BCUT2D eigenvalue weighted by molar-refractivity contribution is 5.83. The average molecular weight is 279 g/mol. The molecule has 0 bridgehead atoms. The van der Waals surface area contributed by atoms with Gasteiger partial charge in [-0.05, 0) is 29.2 Å². The molecule has 0 aliphatic heterocycles. The van der Waals surface area contributed by atoms with Crippen LogP contribution in [0.3, 0.4) is 0 Å². The van der Waals surface area contributed by atoms with Crippen molar-refractivity contribution in [2.45, 2.75) is 26.9 Å². The molecule has 21 heavy (non-hydrogen) atoms. The Morgan fingerprint density at radius 2 is 1.57 bits per heavy atom. The van der Waals surface area contributed by atoms with Crippen molar-refractivity contribution in [1.29, 1.82) is 0 Å². The highest BCUT2D eigenvalue weighted by Crippen LogP contribution is 2.22. The number of pyridine rings is 1. The molecule has 0 atom stereocenters. The van der Waals surface area contributed by atoms with Crippen LogP contribution in [-0.4, -0.2) is 10.1 Å². The first-order chi connectivity index (χ1) is 10.4. The summed E-state index contributed by atoms with van der Waals surface area (Å²) in [6, 6.07) is 18.2. The van der Waals surface area contributed by atoms with Crippen LogP contribution in [0.5, 0.6) is 0 Å². The molecule has 0 radical (unpaired) electrons. The van der Waals surface area contributed by atoms with Crippen LogP contribution in [-0.2, 0) is 13.0 Å². The lowest BCUT2D eigenvalue weighted by molar-refractivity contribution is 0.282. The SMILES string of the molecule is CC.OCc1c(Cc2ccccc2)cnc2ccccc12. The zero-order valence-electron chi connectivity index (χ0n) is 12.6. The Morgan fingerprint density at radius 1 is 0.905 bits per heavy atom. The van der Waals surface area contributed by atoms with Gasteiger partial charge in [0.05, 0.1) is 12.1 Å². The van der Waals surface area contributed by atoms with Crippen molar-refractivity contribution in [2.75, 3.05) is 0 Å². The summed E-state index contributed by atoms with van der Waals surface area (Å²) in [4.78, 5) is 4.47. The number of benzene rings is 2. The molecule has 1 heterocycles. The Morgan fingerprint density at radius 3 is 2.29 bits per heavy atom.